The Balaban J connectivity index is 2.12. The summed E-state index contributed by atoms with van der Waals surface area (Å²) in [6.07, 6.45) is 3.31. The summed E-state index contributed by atoms with van der Waals surface area (Å²) >= 11 is 0. The number of carboxylic acids is 1. The van der Waals surface area contributed by atoms with E-state index in [1.54, 1.807) is 24.5 Å². The Morgan fingerprint density at radius 2 is 1.72 bits per heavy atom. The number of aromatic nitrogens is 1. The predicted octanol–water partition coefficient (Wildman–Crippen LogP) is 2.09. The Morgan fingerprint density at radius 3 is 2.28 bits per heavy atom. The molecule has 0 aliphatic rings. The Labute approximate surface area is 107 Å². The van der Waals surface area contributed by atoms with E-state index >= 15 is 0 Å². The van der Waals surface area contributed by atoms with Crippen molar-refractivity contribution in [1.82, 2.24) is 4.98 Å². The Hall–Kier alpha value is -2.01. The highest BCUT2D eigenvalue weighted by Crippen LogP contribution is 2.13. The highest BCUT2D eigenvalue weighted by Gasteiger charge is 2.07. The number of pyridine rings is 1. The molecule has 0 aliphatic heterocycles. The smallest absolute Gasteiger partial charge is 0.335 e. The highest BCUT2D eigenvalue weighted by molar-refractivity contribution is 7.84. The molecule has 0 saturated carbocycles. The first-order valence-electron chi connectivity index (χ1n) is 5.27. The Morgan fingerprint density at radius 1 is 1.11 bits per heavy atom. The second kappa shape index (κ2) is 5.55. The van der Waals surface area contributed by atoms with Crippen LogP contribution in [0.2, 0.25) is 0 Å². The van der Waals surface area contributed by atoms with Gasteiger partial charge in [0.2, 0.25) is 0 Å². The minimum atomic E-state index is -1.18. The molecule has 1 heterocycles. The van der Waals surface area contributed by atoms with Gasteiger partial charge in [-0.2, -0.15) is 0 Å². The van der Waals surface area contributed by atoms with Crippen molar-refractivity contribution in [2.75, 3.05) is 0 Å². The summed E-state index contributed by atoms with van der Waals surface area (Å²) in [7, 11) is -1.18. The van der Waals surface area contributed by atoms with Crippen molar-refractivity contribution in [1.29, 1.82) is 0 Å². The van der Waals surface area contributed by atoms with Gasteiger partial charge < -0.3 is 5.11 Å². The van der Waals surface area contributed by atoms with Crippen molar-refractivity contribution < 1.29 is 14.1 Å². The highest BCUT2D eigenvalue weighted by atomic mass is 32.2. The van der Waals surface area contributed by atoms with Crippen LogP contribution in [0.15, 0.2) is 53.7 Å². The van der Waals surface area contributed by atoms with Gasteiger partial charge in [-0.1, -0.05) is 0 Å². The van der Waals surface area contributed by atoms with Crippen LogP contribution in [0.25, 0.3) is 0 Å². The molecule has 2 aromatic rings. The van der Waals surface area contributed by atoms with Crippen LogP contribution in [0, 0.1) is 0 Å². The molecule has 4 nitrogen and oxygen atoms in total. The molecular formula is C13H11NO3S. The Kier molecular flexibility index (Phi) is 3.84. The second-order valence-corrected chi connectivity index (χ2v) is 5.13. The number of hydrogen-bond acceptors (Lipinski definition) is 3. The SMILES string of the molecule is O=C(O)c1ccc(S(=O)Cc2ccncc2)cc1. The van der Waals surface area contributed by atoms with Gasteiger partial charge in [0, 0.05) is 17.3 Å². The molecular weight excluding hydrogens is 250 g/mol. The predicted molar refractivity (Wildman–Crippen MR) is 67.8 cm³/mol. The lowest BCUT2D eigenvalue weighted by atomic mass is 10.2. The number of hydrogen-bond donors (Lipinski definition) is 1. The summed E-state index contributed by atoms with van der Waals surface area (Å²) in [5.41, 5.74) is 1.13. The quantitative estimate of drug-likeness (QED) is 0.915. The molecule has 2 rings (SSSR count). The average Bonchev–Trinajstić information content (AvgIpc) is 2.40. The summed E-state index contributed by atoms with van der Waals surface area (Å²) < 4.78 is 12.0. The van der Waals surface area contributed by atoms with Crippen LogP contribution < -0.4 is 0 Å². The minimum Gasteiger partial charge on any atom is -0.478 e. The molecule has 0 spiro atoms. The number of rotatable bonds is 4. The fourth-order valence-electron chi connectivity index (χ4n) is 1.46. The number of nitrogens with zero attached hydrogens (tertiary/aromatic N) is 1. The molecule has 1 unspecified atom stereocenters. The standard InChI is InChI=1S/C13H11NO3S/c15-13(16)11-1-3-12(4-2-11)18(17)9-10-5-7-14-8-6-10/h1-8H,9H2,(H,15,16). The van der Waals surface area contributed by atoms with E-state index in [1.165, 1.54) is 12.1 Å². The topological polar surface area (TPSA) is 67.3 Å². The number of benzene rings is 1. The van der Waals surface area contributed by atoms with Gasteiger partial charge in [-0.05, 0) is 42.0 Å². The minimum absolute atomic E-state index is 0.194. The van der Waals surface area contributed by atoms with Gasteiger partial charge >= 0.3 is 5.97 Å². The van der Waals surface area contributed by atoms with Gasteiger partial charge in [0.1, 0.15) is 0 Å². The fourth-order valence-corrected chi connectivity index (χ4v) is 2.56. The summed E-state index contributed by atoms with van der Waals surface area (Å²) in [6, 6.07) is 9.71. The monoisotopic (exact) mass is 261 g/mol. The number of carboxylic acid groups (broad SMARTS) is 1. The summed E-state index contributed by atoms with van der Waals surface area (Å²) in [4.78, 5) is 15.2. The first-order valence-corrected chi connectivity index (χ1v) is 6.59. The molecule has 0 amide bonds. The maximum atomic E-state index is 12.0. The van der Waals surface area contributed by atoms with Crippen LogP contribution >= 0.6 is 0 Å². The summed E-state index contributed by atoms with van der Waals surface area (Å²) in [5.74, 6) is -0.587. The molecule has 92 valence electrons. The molecule has 1 N–H and O–H groups in total. The van der Waals surface area contributed by atoms with E-state index in [4.69, 9.17) is 5.11 Å². The maximum absolute atomic E-state index is 12.0. The van der Waals surface area contributed by atoms with Gasteiger partial charge in [-0.15, -0.1) is 0 Å². The normalized spacial score (nSPS) is 12.0. The lowest BCUT2D eigenvalue weighted by Gasteiger charge is -2.03. The van der Waals surface area contributed by atoms with E-state index in [1.807, 2.05) is 12.1 Å². The first-order chi connectivity index (χ1) is 8.66. The average molecular weight is 261 g/mol. The molecule has 0 fully saturated rings. The van der Waals surface area contributed by atoms with E-state index in [0.29, 0.717) is 10.6 Å². The van der Waals surface area contributed by atoms with Crippen LogP contribution in [0.3, 0.4) is 0 Å². The summed E-state index contributed by atoms with van der Waals surface area (Å²) in [5, 5.41) is 8.77. The van der Waals surface area contributed by atoms with E-state index in [9.17, 15) is 9.00 Å². The van der Waals surface area contributed by atoms with E-state index in [2.05, 4.69) is 4.98 Å². The summed E-state index contributed by atoms with van der Waals surface area (Å²) in [6.45, 7) is 0. The van der Waals surface area contributed by atoms with Crippen LogP contribution in [-0.2, 0) is 16.6 Å². The lowest BCUT2D eigenvalue weighted by molar-refractivity contribution is 0.0697. The van der Waals surface area contributed by atoms with Crippen molar-refractivity contribution in [2.24, 2.45) is 0 Å². The zero-order valence-corrected chi connectivity index (χ0v) is 10.3. The van der Waals surface area contributed by atoms with Crippen LogP contribution in [0.4, 0.5) is 0 Å². The third kappa shape index (κ3) is 3.01. The lowest BCUT2D eigenvalue weighted by Crippen LogP contribution is -1.99. The number of carbonyl (C=O) groups is 1. The zero-order chi connectivity index (χ0) is 13.0. The molecule has 1 aromatic heterocycles. The molecule has 0 saturated heterocycles. The van der Waals surface area contributed by atoms with E-state index in [-0.39, 0.29) is 5.56 Å². The van der Waals surface area contributed by atoms with Crippen molar-refractivity contribution in [3.63, 3.8) is 0 Å². The van der Waals surface area contributed by atoms with Gasteiger partial charge in [-0.25, -0.2) is 4.79 Å². The van der Waals surface area contributed by atoms with Gasteiger partial charge in [0.25, 0.3) is 0 Å². The van der Waals surface area contributed by atoms with Crippen molar-refractivity contribution >= 4 is 16.8 Å². The van der Waals surface area contributed by atoms with Gasteiger partial charge in [-0.3, -0.25) is 9.19 Å². The van der Waals surface area contributed by atoms with Crippen molar-refractivity contribution in [2.45, 2.75) is 10.6 Å². The zero-order valence-electron chi connectivity index (χ0n) is 9.45. The molecule has 1 aromatic carbocycles. The van der Waals surface area contributed by atoms with E-state index < -0.39 is 16.8 Å². The molecule has 5 heteroatoms. The Bertz CT molecular complexity index is 567. The third-order valence-electron chi connectivity index (χ3n) is 2.41. The van der Waals surface area contributed by atoms with Crippen LogP contribution in [0.1, 0.15) is 15.9 Å². The third-order valence-corrected chi connectivity index (χ3v) is 3.80. The molecule has 0 radical (unpaired) electrons. The van der Waals surface area contributed by atoms with Crippen LogP contribution in [0.5, 0.6) is 0 Å². The van der Waals surface area contributed by atoms with Gasteiger partial charge in [0.05, 0.1) is 22.1 Å². The van der Waals surface area contributed by atoms with Crippen LogP contribution in [-0.4, -0.2) is 20.3 Å². The molecule has 18 heavy (non-hydrogen) atoms. The molecule has 0 aliphatic carbocycles. The molecule has 1 atom stereocenters. The first kappa shape index (κ1) is 12.4. The van der Waals surface area contributed by atoms with Crippen molar-refractivity contribution in [3.05, 3.63) is 59.9 Å². The van der Waals surface area contributed by atoms with E-state index in [0.717, 1.165) is 5.56 Å². The second-order valence-electron chi connectivity index (χ2n) is 3.67. The largest absolute Gasteiger partial charge is 0.478 e. The van der Waals surface area contributed by atoms with Crippen molar-refractivity contribution in [3.8, 4) is 0 Å². The fraction of sp³-hybridized carbons (Fsp3) is 0.0769. The maximum Gasteiger partial charge on any atom is 0.335 e. The van der Waals surface area contributed by atoms with Gasteiger partial charge in [0.15, 0.2) is 0 Å². The number of aromatic carboxylic acids is 1. The molecule has 0 bridgehead atoms.